The molecule has 0 amide bonds. The molecule has 0 aliphatic carbocycles. The molecule has 0 saturated heterocycles. The molecule has 0 N–H and O–H groups in total. The molecule has 0 saturated carbocycles. The topological polar surface area (TPSA) is 52.6 Å². The Balaban J connectivity index is 0.971. The van der Waals surface area contributed by atoms with Crippen molar-refractivity contribution in [3.63, 3.8) is 0 Å². The summed E-state index contributed by atoms with van der Waals surface area (Å²) < 4.78 is 14.7. The Labute approximate surface area is 421 Å². The first-order chi connectivity index (χ1) is 34.9. The Morgan fingerprint density at radius 3 is 0.718 bits per heavy atom. The van der Waals surface area contributed by atoms with Crippen molar-refractivity contribution in [3.05, 3.63) is 313 Å². The van der Waals surface area contributed by atoms with E-state index in [2.05, 4.69) is 97.1 Å². The van der Waals surface area contributed by atoms with Crippen molar-refractivity contribution >= 4 is 69.2 Å². The quantitative estimate of drug-likeness (QED) is 0.0903. The first-order valence-electron chi connectivity index (χ1n) is 23.7. The van der Waals surface area contributed by atoms with E-state index in [0.717, 1.165) is 52.7 Å². The van der Waals surface area contributed by atoms with Crippen LogP contribution in [0.2, 0.25) is 0 Å². The number of carbonyl (C=O) groups is 2. The molecule has 0 aromatic heterocycles. The standard InChI is InChI=1S/C64H52O4P2S/c65-63(67-69(55-29-13-3-14-30-55,56-31-15-4-16-32-56,57-33-17-5-18-34-57)49-51-25-9-1-10-26-51)53-41-45-61(46-42-53)71-62-47-43-54(44-48-62)64(66)68-70(58-35-19-6-20-36-58,59-37-21-7-22-38-59,60-39-23-8-24-40-60)50-52-27-11-2-12-28-52/h1-48H,49-50H2. The Hall–Kier alpha value is -7.65. The third kappa shape index (κ3) is 8.83. The van der Waals surface area contributed by atoms with Gasteiger partial charge in [-0.3, -0.25) is 0 Å². The van der Waals surface area contributed by atoms with Gasteiger partial charge in [-0.2, -0.15) is 0 Å². The Bertz CT molecular complexity index is 2920. The van der Waals surface area contributed by atoms with Crippen LogP contribution < -0.4 is 31.8 Å². The van der Waals surface area contributed by atoms with Crippen molar-refractivity contribution in [2.24, 2.45) is 0 Å². The molecule has 0 aliphatic rings. The summed E-state index contributed by atoms with van der Waals surface area (Å²) in [5.74, 6) is -0.805. The molecule has 4 nitrogen and oxygen atoms in total. The van der Waals surface area contributed by atoms with Crippen LogP contribution >= 0.6 is 25.4 Å². The van der Waals surface area contributed by atoms with Gasteiger partial charge in [0, 0.05) is 0 Å². The first-order valence-corrected chi connectivity index (χ1v) is 29.2. The van der Waals surface area contributed by atoms with Gasteiger partial charge in [-0.25, -0.2) is 0 Å². The summed E-state index contributed by atoms with van der Waals surface area (Å²) in [5, 5.41) is 5.79. The van der Waals surface area contributed by atoms with Gasteiger partial charge in [0.2, 0.25) is 0 Å². The maximum atomic E-state index is 15.0. The molecule has 348 valence electrons. The Kier molecular flexibility index (Phi) is 13.5. The van der Waals surface area contributed by atoms with E-state index in [4.69, 9.17) is 9.05 Å². The zero-order valence-corrected chi connectivity index (χ0v) is 41.7. The van der Waals surface area contributed by atoms with E-state index in [0.29, 0.717) is 23.5 Å². The summed E-state index contributed by atoms with van der Waals surface area (Å²) in [7, 11) is 0. The van der Waals surface area contributed by atoms with E-state index >= 15 is 9.59 Å². The molecule has 0 atom stereocenters. The number of hydrogen-bond donors (Lipinski definition) is 0. The minimum absolute atomic E-state index is 0.402. The molecular weight excluding hydrogens is 927 g/mol. The fourth-order valence-corrected chi connectivity index (χ4v) is 22.1. The molecule has 10 rings (SSSR count). The van der Waals surface area contributed by atoms with Crippen molar-refractivity contribution in [1.82, 2.24) is 0 Å². The molecule has 0 heterocycles. The van der Waals surface area contributed by atoms with Crippen LogP contribution in [0, 0.1) is 0 Å². The predicted octanol–water partition coefficient (Wildman–Crippen LogP) is 13.4. The summed E-state index contributed by atoms with van der Waals surface area (Å²) in [4.78, 5) is 31.9. The third-order valence-corrected chi connectivity index (χ3v) is 25.9. The fraction of sp³-hybridized carbons (Fsp3) is 0.0312. The van der Waals surface area contributed by atoms with Gasteiger partial charge in [0.1, 0.15) is 0 Å². The van der Waals surface area contributed by atoms with Gasteiger partial charge in [0.25, 0.3) is 0 Å². The van der Waals surface area contributed by atoms with Crippen molar-refractivity contribution in [2.45, 2.75) is 22.1 Å². The van der Waals surface area contributed by atoms with Gasteiger partial charge >= 0.3 is 423 Å². The average molecular weight is 979 g/mol. The summed E-state index contributed by atoms with van der Waals surface area (Å²) in [5.41, 5.74) is 3.03. The zero-order valence-electron chi connectivity index (χ0n) is 39.1. The van der Waals surface area contributed by atoms with Crippen LogP contribution in [0.3, 0.4) is 0 Å². The number of hydrogen-bond acceptors (Lipinski definition) is 5. The van der Waals surface area contributed by atoms with E-state index in [1.54, 1.807) is 11.8 Å². The third-order valence-electron chi connectivity index (χ3n) is 13.5. The average Bonchev–Trinajstić information content (AvgIpc) is 3.45. The second-order valence-corrected chi connectivity index (χ2v) is 27.7. The van der Waals surface area contributed by atoms with Crippen LogP contribution in [-0.4, -0.2) is 11.9 Å². The Morgan fingerprint density at radius 2 is 0.493 bits per heavy atom. The van der Waals surface area contributed by atoms with Crippen molar-refractivity contribution in [3.8, 4) is 0 Å². The van der Waals surface area contributed by atoms with Gasteiger partial charge < -0.3 is 0 Å². The van der Waals surface area contributed by atoms with Crippen LogP contribution in [0.1, 0.15) is 31.8 Å². The van der Waals surface area contributed by atoms with E-state index in [1.807, 2.05) is 194 Å². The normalized spacial score (nSPS) is 12.6. The molecule has 0 aliphatic heterocycles. The first kappa shape index (κ1) is 47.0. The molecule has 10 aromatic rings. The molecule has 10 aromatic carbocycles. The minimum atomic E-state index is -4.08. The molecule has 0 bridgehead atoms. The van der Waals surface area contributed by atoms with Gasteiger partial charge in [0.05, 0.1) is 0 Å². The molecule has 0 fully saturated rings. The van der Waals surface area contributed by atoms with E-state index in [-0.39, 0.29) is 0 Å². The number of benzene rings is 10. The Morgan fingerprint density at radius 1 is 0.282 bits per heavy atom. The second-order valence-electron chi connectivity index (χ2n) is 17.6. The zero-order chi connectivity index (χ0) is 48.5. The van der Waals surface area contributed by atoms with Crippen LogP contribution in [0.4, 0.5) is 0 Å². The second kappa shape index (κ2) is 20.4. The van der Waals surface area contributed by atoms with Crippen LogP contribution in [-0.2, 0) is 21.4 Å². The monoisotopic (exact) mass is 978 g/mol. The molecule has 7 heteroatoms. The van der Waals surface area contributed by atoms with Crippen LogP contribution in [0.25, 0.3) is 0 Å². The van der Waals surface area contributed by atoms with E-state index in [9.17, 15) is 0 Å². The molecular formula is C64H52O4P2S. The van der Waals surface area contributed by atoms with E-state index in [1.165, 1.54) is 0 Å². The molecule has 71 heavy (non-hydrogen) atoms. The molecule has 0 radical (unpaired) electrons. The number of rotatable bonds is 16. The van der Waals surface area contributed by atoms with Crippen molar-refractivity contribution in [1.29, 1.82) is 0 Å². The molecule has 0 unspecified atom stereocenters. The fourth-order valence-electron chi connectivity index (χ4n) is 10.1. The van der Waals surface area contributed by atoms with Crippen LogP contribution in [0.15, 0.2) is 301 Å². The van der Waals surface area contributed by atoms with Gasteiger partial charge in [-0.05, 0) is 0 Å². The SMILES string of the molecule is O=C(OP(Cc1ccccc1)(c1ccccc1)(c1ccccc1)c1ccccc1)c1ccc(Sc2ccc(C(=O)OP(Cc3ccccc3)(c3ccccc3)(c3ccccc3)c3ccccc3)cc2)cc1. The van der Waals surface area contributed by atoms with Gasteiger partial charge in [-0.15, -0.1) is 0 Å². The molecule has 0 spiro atoms. The van der Waals surface area contributed by atoms with E-state index < -0.39 is 25.6 Å². The summed E-state index contributed by atoms with van der Waals surface area (Å²) in [6, 6.07) is 97.5. The van der Waals surface area contributed by atoms with Crippen molar-refractivity contribution in [2.75, 3.05) is 0 Å². The van der Waals surface area contributed by atoms with Crippen LogP contribution in [0.5, 0.6) is 0 Å². The maximum absolute atomic E-state index is 15.0. The summed E-state index contributed by atoms with van der Waals surface area (Å²) in [6.07, 6.45) is 0.962. The predicted molar refractivity (Wildman–Crippen MR) is 298 cm³/mol. The summed E-state index contributed by atoms with van der Waals surface area (Å²) >= 11 is 1.55. The van der Waals surface area contributed by atoms with Gasteiger partial charge in [0.15, 0.2) is 0 Å². The number of carbonyl (C=O) groups excluding carboxylic acids is 2. The van der Waals surface area contributed by atoms with Gasteiger partial charge in [-0.1, -0.05) is 0 Å². The summed E-state index contributed by atoms with van der Waals surface area (Å²) in [6.45, 7) is -8.15. The van der Waals surface area contributed by atoms with Crippen molar-refractivity contribution < 1.29 is 18.6 Å².